The fourth-order valence-corrected chi connectivity index (χ4v) is 4.38. The van der Waals surface area contributed by atoms with E-state index >= 15 is 0 Å². The lowest BCUT2D eigenvalue weighted by Crippen LogP contribution is -2.40. The van der Waals surface area contributed by atoms with Crippen molar-refractivity contribution < 1.29 is 9.32 Å². The van der Waals surface area contributed by atoms with Crippen molar-refractivity contribution in [2.75, 3.05) is 18.0 Å². The Morgan fingerprint density at radius 1 is 1.09 bits per heavy atom. The summed E-state index contributed by atoms with van der Waals surface area (Å²) in [5.74, 6) is 1.84. The number of piperidine rings is 1. The van der Waals surface area contributed by atoms with Gasteiger partial charge in [0.1, 0.15) is 5.82 Å². The van der Waals surface area contributed by atoms with Crippen LogP contribution in [-0.2, 0) is 11.3 Å². The van der Waals surface area contributed by atoms with Gasteiger partial charge in [-0.15, -0.1) is 0 Å². The lowest BCUT2D eigenvalue weighted by atomic mass is 9.95. The van der Waals surface area contributed by atoms with Gasteiger partial charge < -0.3 is 14.7 Å². The smallest absolute Gasteiger partial charge is 0.261 e. The zero-order chi connectivity index (χ0) is 24.2. The van der Waals surface area contributed by atoms with Crippen molar-refractivity contribution in [3.8, 4) is 22.8 Å². The summed E-state index contributed by atoms with van der Waals surface area (Å²) in [7, 11) is 0. The maximum absolute atomic E-state index is 12.7. The zero-order valence-corrected chi connectivity index (χ0v) is 20.2. The molecule has 4 aromatic rings. The van der Waals surface area contributed by atoms with Crippen molar-refractivity contribution in [3.05, 3.63) is 83.0 Å². The molecule has 0 aliphatic carbocycles. The number of nitrogens with one attached hydrogen (secondary N) is 1. The van der Waals surface area contributed by atoms with E-state index in [1.807, 2.05) is 67.6 Å². The summed E-state index contributed by atoms with van der Waals surface area (Å²) in [6, 6.07) is 19.3. The molecule has 2 aromatic carbocycles. The number of rotatable bonds is 6. The number of anilines is 1. The quantitative estimate of drug-likeness (QED) is 0.397. The number of hydrogen-bond acceptors (Lipinski definition) is 6. The molecule has 0 spiro atoms. The molecule has 1 N–H and O–H groups in total. The Kier molecular flexibility index (Phi) is 6.77. The van der Waals surface area contributed by atoms with E-state index in [1.54, 1.807) is 6.20 Å². The molecule has 178 valence electrons. The molecular weight excluding hydrogens is 462 g/mol. The molecule has 0 unspecified atom stereocenters. The van der Waals surface area contributed by atoms with Gasteiger partial charge in [-0.05, 0) is 49.6 Å². The van der Waals surface area contributed by atoms with Gasteiger partial charge >= 0.3 is 0 Å². The highest BCUT2D eigenvalue weighted by Crippen LogP contribution is 2.32. The van der Waals surface area contributed by atoms with Crippen LogP contribution in [0.4, 0.5) is 5.82 Å². The van der Waals surface area contributed by atoms with Crippen LogP contribution in [0.2, 0.25) is 5.02 Å². The number of halogens is 1. The Morgan fingerprint density at radius 3 is 2.57 bits per heavy atom. The second-order valence-corrected chi connectivity index (χ2v) is 9.21. The van der Waals surface area contributed by atoms with E-state index in [-0.39, 0.29) is 11.8 Å². The predicted octanol–water partition coefficient (Wildman–Crippen LogP) is 5.29. The number of nitrogens with zero attached hydrogens (tertiary/aromatic N) is 4. The average Bonchev–Trinajstić information content (AvgIpc) is 3.39. The van der Waals surface area contributed by atoms with Gasteiger partial charge in [-0.1, -0.05) is 58.7 Å². The molecule has 1 saturated heterocycles. The van der Waals surface area contributed by atoms with Crippen LogP contribution >= 0.6 is 11.6 Å². The Bertz CT molecular complexity index is 1300. The number of carbonyl (C=O) groups is 1. The molecule has 1 amide bonds. The highest BCUT2D eigenvalue weighted by molar-refractivity contribution is 6.30. The molecule has 0 saturated carbocycles. The molecule has 35 heavy (non-hydrogen) atoms. The van der Waals surface area contributed by atoms with Crippen molar-refractivity contribution in [1.82, 2.24) is 20.4 Å². The number of carbonyl (C=O) groups excluding carboxylic acids is 1. The predicted molar refractivity (Wildman–Crippen MR) is 136 cm³/mol. The topological polar surface area (TPSA) is 84.2 Å². The summed E-state index contributed by atoms with van der Waals surface area (Å²) in [5, 5.41) is 7.91. The molecule has 0 bridgehead atoms. The largest absolute Gasteiger partial charge is 0.356 e. The molecule has 2 aromatic heterocycles. The van der Waals surface area contributed by atoms with Crippen LogP contribution in [-0.4, -0.2) is 34.1 Å². The maximum Gasteiger partial charge on any atom is 0.261 e. The lowest BCUT2D eigenvalue weighted by molar-refractivity contribution is -0.125. The summed E-state index contributed by atoms with van der Waals surface area (Å²) in [4.78, 5) is 24.1. The second kappa shape index (κ2) is 10.3. The van der Waals surface area contributed by atoms with Gasteiger partial charge in [0.2, 0.25) is 11.7 Å². The summed E-state index contributed by atoms with van der Waals surface area (Å²) < 4.78 is 5.61. The number of aryl methyl sites for hydroxylation is 1. The van der Waals surface area contributed by atoms with Gasteiger partial charge in [0.25, 0.3) is 5.89 Å². The van der Waals surface area contributed by atoms with E-state index in [0.29, 0.717) is 23.3 Å². The average molecular weight is 488 g/mol. The van der Waals surface area contributed by atoms with Gasteiger partial charge in [-0.25, -0.2) is 4.98 Å². The Balaban J connectivity index is 1.23. The standard InChI is InChI=1S/C27H26ClN5O2/c1-18-4-8-20(9-5-18)24-31-27(35-32-24)23-3-2-14-29-25(23)33-15-12-21(13-16-33)26(34)30-17-19-6-10-22(28)11-7-19/h2-11,14,21H,12-13,15-17H2,1H3,(H,30,34). The van der Waals surface area contributed by atoms with Crippen molar-refractivity contribution >= 4 is 23.3 Å². The molecule has 1 fully saturated rings. The van der Waals surface area contributed by atoms with Crippen molar-refractivity contribution in [3.63, 3.8) is 0 Å². The Morgan fingerprint density at radius 2 is 1.83 bits per heavy atom. The third-order valence-electron chi connectivity index (χ3n) is 6.30. The van der Waals surface area contributed by atoms with E-state index in [2.05, 4.69) is 25.3 Å². The van der Waals surface area contributed by atoms with E-state index in [0.717, 1.165) is 48.4 Å². The first-order valence-corrected chi connectivity index (χ1v) is 12.1. The van der Waals surface area contributed by atoms with E-state index in [1.165, 1.54) is 5.56 Å². The fraction of sp³-hybridized carbons (Fsp3) is 0.259. The van der Waals surface area contributed by atoms with Gasteiger partial charge in [-0.3, -0.25) is 4.79 Å². The molecule has 0 atom stereocenters. The molecule has 3 heterocycles. The summed E-state index contributed by atoms with van der Waals surface area (Å²) in [6.45, 7) is 3.99. The minimum atomic E-state index is -0.0257. The SMILES string of the molecule is Cc1ccc(-c2noc(-c3cccnc3N3CCC(C(=O)NCc4ccc(Cl)cc4)CC3)n2)cc1. The molecule has 8 heteroatoms. The molecule has 1 aliphatic heterocycles. The van der Waals surface area contributed by atoms with Crippen molar-refractivity contribution in [1.29, 1.82) is 0 Å². The number of amides is 1. The monoisotopic (exact) mass is 487 g/mol. The van der Waals surface area contributed by atoms with Crippen LogP contribution in [0.3, 0.4) is 0 Å². The number of pyridine rings is 1. The Labute approximate surface area is 209 Å². The molecule has 1 aliphatic rings. The molecular formula is C27H26ClN5O2. The summed E-state index contributed by atoms with van der Waals surface area (Å²) in [6.07, 6.45) is 3.27. The van der Waals surface area contributed by atoms with Crippen LogP contribution in [0.1, 0.15) is 24.0 Å². The number of benzene rings is 2. The summed E-state index contributed by atoms with van der Waals surface area (Å²) in [5.41, 5.74) is 3.91. The molecule has 5 rings (SSSR count). The number of hydrogen-bond donors (Lipinski definition) is 1. The molecule has 0 radical (unpaired) electrons. The van der Waals surface area contributed by atoms with Gasteiger partial charge in [-0.2, -0.15) is 4.98 Å². The second-order valence-electron chi connectivity index (χ2n) is 8.77. The van der Waals surface area contributed by atoms with Crippen molar-refractivity contribution in [2.45, 2.75) is 26.3 Å². The third-order valence-corrected chi connectivity index (χ3v) is 6.55. The summed E-state index contributed by atoms with van der Waals surface area (Å²) >= 11 is 5.93. The van der Waals surface area contributed by atoms with E-state index < -0.39 is 0 Å². The van der Waals surface area contributed by atoms with E-state index in [4.69, 9.17) is 16.1 Å². The molecule has 7 nitrogen and oxygen atoms in total. The van der Waals surface area contributed by atoms with Gasteiger partial charge in [0.15, 0.2) is 0 Å². The van der Waals surface area contributed by atoms with Crippen LogP contribution in [0, 0.1) is 12.8 Å². The highest BCUT2D eigenvalue weighted by atomic mass is 35.5. The highest BCUT2D eigenvalue weighted by Gasteiger charge is 2.27. The lowest BCUT2D eigenvalue weighted by Gasteiger charge is -2.32. The minimum Gasteiger partial charge on any atom is -0.356 e. The van der Waals surface area contributed by atoms with Crippen LogP contribution in [0.5, 0.6) is 0 Å². The van der Waals surface area contributed by atoms with Gasteiger partial charge in [0.05, 0.1) is 5.56 Å². The van der Waals surface area contributed by atoms with Crippen molar-refractivity contribution in [2.24, 2.45) is 5.92 Å². The normalized spacial score (nSPS) is 14.2. The Hall–Kier alpha value is -3.71. The van der Waals surface area contributed by atoms with Crippen LogP contribution < -0.4 is 10.2 Å². The van der Waals surface area contributed by atoms with Crippen LogP contribution in [0.15, 0.2) is 71.4 Å². The van der Waals surface area contributed by atoms with Crippen LogP contribution in [0.25, 0.3) is 22.8 Å². The maximum atomic E-state index is 12.7. The first-order chi connectivity index (χ1) is 17.1. The first kappa shape index (κ1) is 23.1. The zero-order valence-electron chi connectivity index (χ0n) is 19.4. The minimum absolute atomic E-state index is 0.0257. The van der Waals surface area contributed by atoms with E-state index in [9.17, 15) is 4.79 Å². The van der Waals surface area contributed by atoms with Gasteiger partial charge in [0, 0.05) is 42.3 Å². The first-order valence-electron chi connectivity index (χ1n) is 11.7. The fourth-order valence-electron chi connectivity index (χ4n) is 4.26. The number of aromatic nitrogens is 3. The third kappa shape index (κ3) is 5.35.